The Labute approximate surface area is 104 Å². The highest BCUT2D eigenvalue weighted by Crippen LogP contribution is 2.40. The van der Waals surface area contributed by atoms with E-state index in [2.05, 4.69) is 0 Å². The minimum atomic E-state index is -0.482. The van der Waals surface area contributed by atoms with E-state index in [9.17, 15) is 4.39 Å². The number of fused-ring (bicyclic) bond motifs is 1. The summed E-state index contributed by atoms with van der Waals surface area (Å²) in [6, 6.07) is 1.61. The minimum Gasteiger partial charge on any atom is -0.489 e. The number of aryl methyl sites for hydroxylation is 1. The molecule has 1 aromatic rings. The largest absolute Gasteiger partial charge is 0.489 e. The molecule has 1 N–H and O–H groups in total. The number of ether oxygens (including phenoxy) is 2. The van der Waals surface area contributed by atoms with Crippen molar-refractivity contribution in [3.63, 3.8) is 0 Å². The van der Waals surface area contributed by atoms with Crippen molar-refractivity contribution in [3.05, 3.63) is 22.5 Å². The van der Waals surface area contributed by atoms with Gasteiger partial charge < -0.3 is 14.6 Å². The zero-order valence-corrected chi connectivity index (χ0v) is 10.1. The lowest BCUT2D eigenvalue weighted by Gasteiger charge is -2.12. The first-order valence-corrected chi connectivity index (χ1v) is 5.99. The van der Waals surface area contributed by atoms with Gasteiger partial charge in [-0.3, -0.25) is 0 Å². The van der Waals surface area contributed by atoms with Crippen LogP contribution in [0.25, 0.3) is 0 Å². The molecule has 5 heteroatoms. The average molecular weight is 261 g/mol. The van der Waals surface area contributed by atoms with Gasteiger partial charge in [0.2, 0.25) is 0 Å². The molecule has 0 atom stereocenters. The highest BCUT2D eigenvalue weighted by molar-refractivity contribution is 6.32. The molecule has 94 valence electrons. The highest BCUT2D eigenvalue weighted by atomic mass is 35.5. The van der Waals surface area contributed by atoms with E-state index in [0.717, 1.165) is 6.42 Å². The summed E-state index contributed by atoms with van der Waals surface area (Å²) in [5, 5.41) is 8.73. The van der Waals surface area contributed by atoms with Crippen LogP contribution in [0, 0.1) is 5.82 Å². The van der Waals surface area contributed by atoms with Crippen LogP contribution in [0.3, 0.4) is 0 Å². The molecule has 0 fully saturated rings. The fraction of sp³-hybridized carbons (Fsp3) is 0.500. The molecule has 0 saturated heterocycles. The normalized spacial score (nSPS) is 14.5. The molecule has 17 heavy (non-hydrogen) atoms. The van der Waals surface area contributed by atoms with Crippen LogP contribution < -0.4 is 9.47 Å². The number of rotatable bonds is 3. The first-order valence-electron chi connectivity index (χ1n) is 5.61. The summed E-state index contributed by atoms with van der Waals surface area (Å²) in [5.74, 6) is 0.292. The molecule has 0 unspecified atom stereocenters. The van der Waals surface area contributed by atoms with Gasteiger partial charge >= 0.3 is 0 Å². The maximum Gasteiger partial charge on any atom is 0.182 e. The van der Waals surface area contributed by atoms with Crippen LogP contribution in [0.15, 0.2) is 6.07 Å². The highest BCUT2D eigenvalue weighted by Gasteiger charge is 2.20. The van der Waals surface area contributed by atoms with Gasteiger partial charge in [0.1, 0.15) is 10.8 Å². The molecule has 0 saturated carbocycles. The zero-order chi connectivity index (χ0) is 12.3. The Kier molecular flexibility index (Phi) is 4.07. The molecule has 0 bridgehead atoms. The van der Waals surface area contributed by atoms with Crippen LogP contribution in [0.4, 0.5) is 4.39 Å². The fourth-order valence-electron chi connectivity index (χ4n) is 1.74. The Morgan fingerprint density at radius 1 is 1.35 bits per heavy atom. The van der Waals surface area contributed by atoms with Gasteiger partial charge in [0.25, 0.3) is 0 Å². The first kappa shape index (κ1) is 12.5. The molecular formula is C12H14ClFO3. The van der Waals surface area contributed by atoms with Crippen molar-refractivity contribution in [3.8, 4) is 11.5 Å². The Morgan fingerprint density at radius 2 is 2.12 bits per heavy atom. The third-order valence-electron chi connectivity index (χ3n) is 2.60. The van der Waals surface area contributed by atoms with Crippen molar-refractivity contribution < 1.29 is 19.0 Å². The molecule has 0 amide bonds. The van der Waals surface area contributed by atoms with Crippen molar-refractivity contribution in [2.45, 2.75) is 19.3 Å². The third-order valence-corrected chi connectivity index (χ3v) is 2.94. The average Bonchev–Trinajstić information content (AvgIpc) is 2.57. The Bertz CT molecular complexity index is 409. The predicted octanol–water partition coefficient (Wildman–Crippen LogP) is 2.57. The van der Waals surface area contributed by atoms with E-state index in [0.29, 0.717) is 37.4 Å². The second-order valence-corrected chi connectivity index (χ2v) is 4.25. The molecule has 1 aromatic carbocycles. The summed E-state index contributed by atoms with van der Waals surface area (Å²) in [5.41, 5.74) is 0.452. The van der Waals surface area contributed by atoms with Gasteiger partial charge in [0, 0.05) is 13.0 Å². The van der Waals surface area contributed by atoms with E-state index in [-0.39, 0.29) is 17.4 Å². The van der Waals surface area contributed by atoms with Gasteiger partial charge in [-0.2, -0.15) is 0 Å². The summed E-state index contributed by atoms with van der Waals surface area (Å²) in [6.45, 7) is 1.03. The monoisotopic (exact) mass is 260 g/mol. The molecule has 3 nitrogen and oxygen atoms in total. The van der Waals surface area contributed by atoms with Gasteiger partial charge in [0.15, 0.2) is 11.5 Å². The number of halogens is 2. The SMILES string of the molecule is OCCCc1cc2c(c(Cl)c1F)OCCCO2. The van der Waals surface area contributed by atoms with Crippen molar-refractivity contribution in [2.24, 2.45) is 0 Å². The molecule has 0 aromatic heterocycles. The number of benzene rings is 1. The topological polar surface area (TPSA) is 38.7 Å². The maximum atomic E-state index is 13.9. The first-order chi connectivity index (χ1) is 8.24. The lowest BCUT2D eigenvalue weighted by molar-refractivity contribution is 0.287. The summed E-state index contributed by atoms with van der Waals surface area (Å²) in [6.07, 6.45) is 1.67. The molecular weight excluding hydrogens is 247 g/mol. The molecule has 0 aliphatic carbocycles. The maximum absolute atomic E-state index is 13.9. The van der Waals surface area contributed by atoms with Crippen molar-refractivity contribution in [1.29, 1.82) is 0 Å². The van der Waals surface area contributed by atoms with E-state index < -0.39 is 5.82 Å². The second-order valence-electron chi connectivity index (χ2n) is 3.87. The number of aliphatic hydroxyl groups excluding tert-OH is 1. The van der Waals surface area contributed by atoms with Crippen LogP contribution >= 0.6 is 11.6 Å². The summed E-state index contributed by atoms with van der Waals surface area (Å²) in [7, 11) is 0. The second kappa shape index (κ2) is 5.56. The lowest BCUT2D eigenvalue weighted by atomic mass is 10.1. The van der Waals surface area contributed by atoms with E-state index >= 15 is 0 Å². The Hall–Kier alpha value is -1.00. The molecule has 2 rings (SSSR count). The van der Waals surface area contributed by atoms with E-state index in [1.54, 1.807) is 6.07 Å². The quantitative estimate of drug-likeness (QED) is 0.908. The van der Waals surface area contributed by atoms with Crippen LogP contribution in [0.5, 0.6) is 11.5 Å². The number of hydrogen-bond acceptors (Lipinski definition) is 3. The summed E-state index contributed by atoms with van der Waals surface area (Å²) >= 11 is 5.93. The number of hydrogen-bond donors (Lipinski definition) is 1. The van der Waals surface area contributed by atoms with Gasteiger partial charge in [0.05, 0.1) is 13.2 Å². The lowest BCUT2D eigenvalue weighted by Crippen LogP contribution is -1.99. The van der Waals surface area contributed by atoms with Crippen molar-refractivity contribution >= 4 is 11.6 Å². The minimum absolute atomic E-state index is 0.0193. The Balaban J connectivity index is 2.36. The van der Waals surface area contributed by atoms with Gasteiger partial charge in [-0.05, 0) is 24.5 Å². The molecule has 0 spiro atoms. The van der Waals surface area contributed by atoms with Gasteiger partial charge in [-0.25, -0.2) is 4.39 Å². The van der Waals surface area contributed by atoms with E-state index in [4.69, 9.17) is 26.2 Å². The number of aliphatic hydroxyl groups is 1. The zero-order valence-electron chi connectivity index (χ0n) is 9.34. The van der Waals surface area contributed by atoms with Crippen molar-refractivity contribution in [1.82, 2.24) is 0 Å². The van der Waals surface area contributed by atoms with Crippen LogP contribution in [0.2, 0.25) is 5.02 Å². The third kappa shape index (κ3) is 2.64. The van der Waals surface area contributed by atoms with Gasteiger partial charge in [-0.15, -0.1) is 0 Å². The molecule has 1 heterocycles. The van der Waals surface area contributed by atoms with Crippen LogP contribution in [-0.2, 0) is 6.42 Å². The van der Waals surface area contributed by atoms with Crippen molar-refractivity contribution in [2.75, 3.05) is 19.8 Å². The Morgan fingerprint density at radius 3 is 2.88 bits per heavy atom. The van der Waals surface area contributed by atoms with E-state index in [1.165, 1.54) is 0 Å². The molecule has 1 aliphatic rings. The molecule has 1 aliphatic heterocycles. The molecule has 0 radical (unpaired) electrons. The summed E-state index contributed by atoms with van der Waals surface area (Å²) < 4.78 is 24.7. The van der Waals surface area contributed by atoms with Crippen LogP contribution in [0.1, 0.15) is 18.4 Å². The smallest absolute Gasteiger partial charge is 0.182 e. The van der Waals surface area contributed by atoms with Gasteiger partial charge in [-0.1, -0.05) is 11.6 Å². The predicted molar refractivity (Wildman–Crippen MR) is 62.4 cm³/mol. The van der Waals surface area contributed by atoms with E-state index in [1.807, 2.05) is 0 Å². The van der Waals surface area contributed by atoms with Crippen LogP contribution in [-0.4, -0.2) is 24.9 Å². The summed E-state index contributed by atoms with van der Waals surface area (Å²) in [4.78, 5) is 0. The fourth-order valence-corrected chi connectivity index (χ4v) is 2.01. The standard InChI is InChI=1S/C12H14ClFO3/c13-10-11(14)8(3-1-4-15)7-9-12(10)17-6-2-5-16-9/h7,15H,1-6H2.